The molecule has 0 saturated heterocycles. The van der Waals surface area contributed by atoms with Crippen LogP contribution in [0.3, 0.4) is 0 Å². The monoisotopic (exact) mass is 141 g/mol. The molecular weight excluding hydrogens is 126 g/mol. The summed E-state index contributed by atoms with van der Waals surface area (Å²) in [5, 5.41) is 4.48. The van der Waals surface area contributed by atoms with E-state index >= 15 is 0 Å². The molecule has 0 atom stereocenters. The van der Waals surface area contributed by atoms with E-state index in [4.69, 9.17) is 0 Å². The summed E-state index contributed by atoms with van der Waals surface area (Å²) in [6.45, 7) is 6.97. The van der Waals surface area contributed by atoms with Crippen molar-refractivity contribution in [2.75, 3.05) is 0 Å². The molecule has 0 N–H and O–H groups in total. The van der Waals surface area contributed by atoms with E-state index in [-0.39, 0.29) is 31.5 Å². The Hall–Kier alpha value is 1.06. The molecule has 0 aliphatic carbocycles. The van der Waals surface area contributed by atoms with Gasteiger partial charge in [-0.1, -0.05) is 36.6 Å². The molecule has 0 nitrogen and oxygen atoms in total. The fourth-order valence-electron chi connectivity index (χ4n) is 0.866. The Balaban J connectivity index is 0. The maximum absolute atomic E-state index is 2.32. The lowest BCUT2D eigenvalue weighted by atomic mass is 10.9. The fourth-order valence-corrected chi connectivity index (χ4v) is 2.60. The summed E-state index contributed by atoms with van der Waals surface area (Å²) < 4.78 is 0. The lowest BCUT2D eigenvalue weighted by Gasteiger charge is -1.97. The van der Waals surface area contributed by atoms with Crippen molar-refractivity contribution >= 4 is 31.5 Å². The molecule has 0 saturated carbocycles. The molecule has 0 aromatic rings. The molecule has 0 aromatic heterocycles. The van der Waals surface area contributed by atoms with Crippen molar-refractivity contribution in [1.82, 2.24) is 0 Å². The summed E-state index contributed by atoms with van der Waals surface area (Å²) in [7, 11) is 0. The van der Waals surface area contributed by atoms with Crippen LogP contribution in [0, 0.1) is 0 Å². The van der Waals surface area contributed by atoms with Crippen molar-refractivity contribution in [3.05, 3.63) is 0 Å². The Kier molecular flexibility index (Phi) is 11.9. The van der Waals surface area contributed by atoms with Gasteiger partial charge in [0, 0.05) is 17.4 Å². The first kappa shape index (κ1) is 11.8. The smallest absolute Gasteiger partial charge is 0.0967 e. The third kappa shape index (κ3) is 5.21. The normalized spacial score (nSPS) is 7.88. The molecule has 0 aliphatic rings. The second-order valence-corrected chi connectivity index (χ2v) is 6.27. The van der Waals surface area contributed by atoms with Crippen molar-refractivity contribution in [2.24, 2.45) is 0 Å². The first-order chi connectivity index (χ1) is 3.35. The highest BCUT2D eigenvalue weighted by Gasteiger charge is 2.05. The lowest BCUT2D eigenvalue weighted by molar-refractivity contribution is 1.24. The molecule has 3 radical (unpaired) electrons. The van der Waals surface area contributed by atoms with Crippen LogP contribution in [0.4, 0.5) is 0 Å². The first-order valence-electron chi connectivity index (χ1n) is 3.35. The number of hydrogen-bond donors (Lipinski definition) is 0. The largest absolute Gasteiger partial charge is 0.261 e. The van der Waals surface area contributed by atoms with Crippen LogP contribution in [0.25, 0.3) is 0 Å². The zero-order valence-corrected chi connectivity index (χ0v) is 8.59. The van der Waals surface area contributed by atoms with Crippen molar-refractivity contribution in [1.29, 1.82) is 0 Å². The van der Waals surface area contributed by atoms with E-state index in [0.717, 1.165) is 0 Å². The Morgan fingerprint density at radius 1 is 0.875 bits per heavy atom. The van der Waals surface area contributed by atoms with E-state index < -0.39 is 0 Å². The van der Waals surface area contributed by atoms with Crippen LogP contribution < -0.4 is 0 Å². The van der Waals surface area contributed by atoms with E-state index in [2.05, 4.69) is 20.8 Å². The first-order valence-corrected chi connectivity index (χ1v) is 5.80. The predicted molar refractivity (Wildman–Crippen MR) is 43.0 cm³/mol. The van der Waals surface area contributed by atoms with Crippen molar-refractivity contribution in [3.8, 4) is 0 Å². The van der Waals surface area contributed by atoms with Gasteiger partial charge in [0.15, 0.2) is 0 Å². The minimum Gasteiger partial charge on any atom is -0.0967 e. The van der Waals surface area contributed by atoms with Gasteiger partial charge in [0.2, 0.25) is 0 Å². The number of rotatable bonds is 3. The maximum Gasteiger partial charge on any atom is 0.261 e. The van der Waals surface area contributed by atoms with E-state index in [0.29, 0.717) is 0 Å². The Morgan fingerprint density at radius 2 is 1.12 bits per heavy atom. The average Bonchev–Trinajstić information content (AvgIpc) is 1.72. The predicted octanol–water partition coefficient (Wildman–Crippen LogP) is 2.16. The molecule has 0 fully saturated rings. The van der Waals surface area contributed by atoms with Gasteiger partial charge in [0.05, 0.1) is 0 Å². The fraction of sp³-hybridized carbons (Fsp3) is 1.00. The van der Waals surface area contributed by atoms with Crippen LogP contribution in [0.2, 0.25) is 15.8 Å². The zero-order valence-electron chi connectivity index (χ0n) is 6.28. The standard InChI is InChI=1S/3C2H5.2Al/c3*1-2;;/h3*1H2,2H3;;. The van der Waals surface area contributed by atoms with Gasteiger partial charge in [0.1, 0.15) is 0 Å². The molecule has 2 heteroatoms. The molecule has 0 heterocycles. The van der Waals surface area contributed by atoms with Gasteiger partial charge in [-0.2, -0.15) is 0 Å². The molecule has 0 rings (SSSR count). The van der Waals surface area contributed by atoms with Crippen LogP contribution in [0.15, 0.2) is 0 Å². The third-order valence-corrected chi connectivity index (χ3v) is 5.20. The minimum absolute atomic E-state index is 0. The summed E-state index contributed by atoms with van der Waals surface area (Å²) >= 11 is -0.171. The molecule has 0 amide bonds. The maximum atomic E-state index is 2.32. The number of hydrogen-bond acceptors (Lipinski definition) is 0. The van der Waals surface area contributed by atoms with Crippen molar-refractivity contribution in [2.45, 2.75) is 36.6 Å². The topological polar surface area (TPSA) is 0 Å². The summed E-state index contributed by atoms with van der Waals surface area (Å²) in [5.41, 5.74) is 0. The molecule has 0 spiro atoms. The van der Waals surface area contributed by atoms with Gasteiger partial charge in [-0.05, 0) is 0 Å². The van der Waals surface area contributed by atoms with Gasteiger partial charge in [-0.3, -0.25) is 0 Å². The highest BCUT2D eigenvalue weighted by molar-refractivity contribution is 6.58. The zero-order chi connectivity index (χ0) is 5.70. The average molecular weight is 141 g/mol. The highest BCUT2D eigenvalue weighted by atomic mass is 27.2. The molecule has 8 heavy (non-hydrogen) atoms. The molecule has 0 unspecified atom stereocenters. The Labute approximate surface area is 68.2 Å². The van der Waals surface area contributed by atoms with E-state index in [1.54, 1.807) is 0 Å². The van der Waals surface area contributed by atoms with Crippen LogP contribution in [0.5, 0.6) is 0 Å². The van der Waals surface area contributed by atoms with Gasteiger partial charge >= 0.3 is 0 Å². The van der Waals surface area contributed by atoms with E-state index in [9.17, 15) is 0 Å². The molecule has 45 valence electrons. The van der Waals surface area contributed by atoms with Crippen LogP contribution in [0.1, 0.15) is 20.8 Å². The summed E-state index contributed by atoms with van der Waals surface area (Å²) in [6, 6.07) is 0. The van der Waals surface area contributed by atoms with Gasteiger partial charge in [-0.25, -0.2) is 0 Å². The molecular formula is C6H15Al2. The van der Waals surface area contributed by atoms with E-state index in [1.807, 2.05) is 0 Å². The highest BCUT2D eigenvalue weighted by Crippen LogP contribution is 2.01. The minimum atomic E-state index is -0.171. The van der Waals surface area contributed by atoms with Gasteiger partial charge in [-0.15, -0.1) is 0 Å². The van der Waals surface area contributed by atoms with Crippen molar-refractivity contribution in [3.63, 3.8) is 0 Å². The quantitative estimate of drug-likeness (QED) is 0.528. The van der Waals surface area contributed by atoms with E-state index in [1.165, 1.54) is 15.8 Å². The second kappa shape index (κ2) is 8.06. The van der Waals surface area contributed by atoms with Gasteiger partial charge < -0.3 is 0 Å². The summed E-state index contributed by atoms with van der Waals surface area (Å²) in [6.07, 6.45) is 0. The van der Waals surface area contributed by atoms with Crippen LogP contribution >= 0.6 is 0 Å². The van der Waals surface area contributed by atoms with Crippen molar-refractivity contribution < 1.29 is 0 Å². The summed E-state index contributed by atoms with van der Waals surface area (Å²) in [5.74, 6) is 0. The van der Waals surface area contributed by atoms with Gasteiger partial charge in [0.25, 0.3) is 14.1 Å². The molecule has 0 bridgehead atoms. The Bertz CT molecular complexity index is 28.0. The lowest BCUT2D eigenvalue weighted by Crippen LogP contribution is -2.04. The second-order valence-electron chi connectivity index (χ2n) is 2.09. The van der Waals surface area contributed by atoms with Crippen LogP contribution in [-0.4, -0.2) is 31.5 Å². The van der Waals surface area contributed by atoms with Crippen LogP contribution in [-0.2, 0) is 0 Å². The Morgan fingerprint density at radius 3 is 1.12 bits per heavy atom. The molecule has 0 aromatic carbocycles. The third-order valence-electron chi connectivity index (χ3n) is 1.73. The SMILES string of the molecule is C[CH2][Al]([CH2]C)[CH2]C.[Al]. The molecule has 0 aliphatic heterocycles. The summed E-state index contributed by atoms with van der Waals surface area (Å²) in [4.78, 5) is 0.